The van der Waals surface area contributed by atoms with Gasteiger partial charge in [0.15, 0.2) is 0 Å². The van der Waals surface area contributed by atoms with Gasteiger partial charge in [-0.25, -0.2) is 0 Å². The highest BCUT2D eigenvalue weighted by atomic mass is 15.2. The quantitative estimate of drug-likeness (QED) is 0.775. The van der Waals surface area contributed by atoms with Crippen LogP contribution in [0.15, 0.2) is 18.2 Å². The van der Waals surface area contributed by atoms with E-state index < -0.39 is 0 Å². The molecule has 0 amide bonds. The van der Waals surface area contributed by atoms with Crippen LogP contribution in [0.25, 0.3) is 0 Å². The van der Waals surface area contributed by atoms with Gasteiger partial charge in [0.05, 0.1) is 0 Å². The van der Waals surface area contributed by atoms with Gasteiger partial charge in [-0.1, -0.05) is 25.1 Å². The average Bonchev–Trinajstić information content (AvgIpc) is 3.24. The predicted octanol–water partition coefficient (Wildman–Crippen LogP) is 4.07. The predicted molar refractivity (Wildman–Crippen MR) is 91.8 cm³/mol. The first-order chi connectivity index (χ1) is 10.0. The van der Waals surface area contributed by atoms with E-state index in [2.05, 4.69) is 63.0 Å². The fourth-order valence-electron chi connectivity index (χ4n) is 2.88. The number of benzene rings is 1. The van der Waals surface area contributed by atoms with Crippen LogP contribution in [0.3, 0.4) is 0 Å². The third-order valence-electron chi connectivity index (χ3n) is 4.72. The topological polar surface area (TPSA) is 15.3 Å². The van der Waals surface area contributed by atoms with Crippen LogP contribution in [0.2, 0.25) is 0 Å². The van der Waals surface area contributed by atoms with Crippen LogP contribution in [0.1, 0.15) is 56.3 Å². The lowest BCUT2D eigenvalue weighted by Gasteiger charge is -2.31. The van der Waals surface area contributed by atoms with Crippen molar-refractivity contribution in [2.45, 2.75) is 59.5 Å². The molecule has 0 heterocycles. The van der Waals surface area contributed by atoms with Gasteiger partial charge in [-0.15, -0.1) is 0 Å². The van der Waals surface area contributed by atoms with Gasteiger partial charge in [0.25, 0.3) is 0 Å². The Balaban J connectivity index is 2.10. The molecule has 1 aromatic rings. The lowest BCUT2D eigenvalue weighted by Crippen LogP contribution is -2.40. The lowest BCUT2D eigenvalue weighted by atomic mass is 10.00. The number of aryl methyl sites for hydroxylation is 2. The van der Waals surface area contributed by atoms with Crippen molar-refractivity contribution in [2.75, 3.05) is 19.6 Å². The van der Waals surface area contributed by atoms with Crippen molar-refractivity contribution in [3.05, 3.63) is 34.9 Å². The van der Waals surface area contributed by atoms with Crippen molar-refractivity contribution in [3.63, 3.8) is 0 Å². The van der Waals surface area contributed by atoms with E-state index in [1.165, 1.54) is 36.1 Å². The zero-order valence-electron chi connectivity index (χ0n) is 14.4. The summed E-state index contributed by atoms with van der Waals surface area (Å²) in [6, 6.07) is 7.98. The zero-order chi connectivity index (χ0) is 15.4. The number of likely N-dealkylation sites (N-methyl/N-ethyl adjacent to an activating group) is 1. The van der Waals surface area contributed by atoms with Crippen molar-refractivity contribution in [1.82, 2.24) is 10.2 Å². The molecule has 1 fully saturated rings. The van der Waals surface area contributed by atoms with E-state index in [0.717, 1.165) is 19.0 Å². The molecular weight excluding hydrogens is 256 g/mol. The highest BCUT2D eigenvalue weighted by Crippen LogP contribution is 2.31. The van der Waals surface area contributed by atoms with E-state index in [-0.39, 0.29) is 0 Å². The molecule has 2 heteroatoms. The first-order valence-corrected chi connectivity index (χ1v) is 8.55. The zero-order valence-corrected chi connectivity index (χ0v) is 14.4. The molecule has 0 aromatic heterocycles. The van der Waals surface area contributed by atoms with Gasteiger partial charge in [-0.05, 0) is 69.7 Å². The van der Waals surface area contributed by atoms with E-state index in [0.29, 0.717) is 12.1 Å². The smallest absolute Gasteiger partial charge is 0.0449 e. The second-order valence-corrected chi connectivity index (χ2v) is 6.94. The van der Waals surface area contributed by atoms with Crippen molar-refractivity contribution >= 4 is 0 Å². The van der Waals surface area contributed by atoms with E-state index in [9.17, 15) is 0 Å². The Bertz CT molecular complexity index is 449. The van der Waals surface area contributed by atoms with Gasteiger partial charge in [0.2, 0.25) is 0 Å². The monoisotopic (exact) mass is 288 g/mol. The highest BCUT2D eigenvalue weighted by molar-refractivity contribution is 5.32. The van der Waals surface area contributed by atoms with Crippen molar-refractivity contribution in [1.29, 1.82) is 0 Å². The molecule has 118 valence electrons. The Kier molecular flexibility index (Phi) is 5.83. The molecule has 0 radical (unpaired) electrons. The summed E-state index contributed by atoms with van der Waals surface area (Å²) in [5.74, 6) is 0.953. The molecule has 2 nitrogen and oxygen atoms in total. The number of hydrogen-bond acceptors (Lipinski definition) is 2. The summed E-state index contributed by atoms with van der Waals surface area (Å²) in [7, 11) is 0. The molecule has 1 atom stereocenters. The molecule has 1 unspecified atom stereocenters. The average molecular weight is 288 g/mol. The van der Waals surface area contributed by atoms with E-state index in [1.54, 1.807) is 0 Å². The maximum atomic E-state index is 3.68. The van der Waals surface area contributed by atoms with Crippen LogP contribution in [0, 0.1) is 19.8 Å². The number of nitrogens with one attached hydrogen (secondary N) is 1. The molecule has 1 saturated carbocycles. The fourth-order valence-corrected chi connectivity index (χ4v) is 2.88. The summed E-state index contributed by atoms with van der Waals surface area (Å²) in [5, 5.41) is 3.68. The van der Waals surface area contributed by atoms with E-state index in [4.69, 9.17) is 0 Å². The van der Waals surface area contributed by atoms with Crippen LogP contribution >= 0.6 is 0 Å². The molecule has 0 saturated heterocycles. The van der Waals surface area contributed by atoms with Gasteiger partial charge in [0.1, 0.15) is 0 Å². The molecule has 0 aliphatic heterocycles. The molecule has 0 bridgehead atoms. The number of hydrogen-bond donors (Lipinski definition) is 1. The van der Waals surface area contributed by atoms with Crippen LogP contribution in [-0.4, -0.2) is 30.6 Å². The standard InChI is InChI=1S/C19H32N2/c1-6-20-19(18-10-7-15(4)16(5)11-18)13-21(14(2)3)12-17-8-9-17/h7,10-11,14,17,19-20H,6,8-9,12-13H2,1-5H3. The van der Waals surface area contributed by atoms with Crippen LogP contribution in [-0.2, 0) is 0 Å². The van der Waals surface area contributed by atoms with Gasteiger partial charge < -0.3 is 5.32 Å². The van der Waals surface area contributed by atoms with Gasteiger partial charge in [0, 0.05) is 25.2 Å². The number of nitrogens with zero attached hydrogens (tertiary/aromatic N) is 1. The number of rotatable bonds is 8. The van der Waals surface area contributed by atoms with Gasteiger partial charge >= 0.3 is 0 Å². The summed E-state index contributed by atoms with van der Waals surface area (Å²) in [4.78, 5) is 2.65. The van der Waals surface area contributed by atoms with Gasteiger partial charge in [-0.3, -0.25) is 4.90 Å². The third-order valence-corrected chi connectivity index (χ3v) is 4.72. The molecule has 1 aliphatic carbocycles. The third kappa shape index (κ3) is 4.82. The van der Waals surface area contributed by atoms with Crippen LogP contribution < -0.4 is 5.32 Å². The summed E-state index contributed by atoms with van der Waals surface area (Å²) < 4.78 is 0. The molecule has 1 N–H and O–H groups in total. The lowest BCUT2D eigenvalue weighted by molar-refractivity contribution is 0.190. The second kappa shape index (κ2) is 7.42. The Labute approximate surface area is 130 Å². The minimum Gasteiger partial charge on any atom is -0.309 e. The second-order valence-electron chi connectivity index (χ2n) is 6.94. The first kappa shape index (κ1) is 16.5. The van der Waals surface area contributed by atoms with Crippen molar-refractivity contribution in [2.24, 2.45) is 5.92 Å². The molecule has 21 heavy (non-hydrogen) atoms. The fraction of sp³-hybridized carbons (Fsp3) is 0.684. The first-order valence-electron chi connectivity index (χ1n) is 8.55. The minimum atomic E-state index is 0.440. The minimum absolute atomic E-state index is 0.440. The maximum Gasteiger partial charge on any atom is 0.0449 e. The largest absolute Gasteiger partial charge is 0.309 e. The molecule has 1 aromatic carbocycles. The van der Waals surface area contributed by atoms with E-state index in [1.807, 2.05) is 0 Å². The summed E-state index contributed by atoms with van der Waals surface area (Å²) in [6.45, 7) is 14.7. The molecule has 0 spiro atoms. The van der Waals surface area contributed by atoms with Gasteiger partial charge in [-0.2, -0.15) is 0 Å². The Morgan fingerprint density at radius 1 is 1.19 bits per heavy atom. The molecular formula is C19H32N2. The van der Waals surface area contributed by atoms with Crippen LogP contribution in [0.5, 0.6) is 0 Å². The Morgan fingerprint density at radius 2 is 1.90 bits per heavy atom. The van der Waals surface area contributed by atoms with Crippen LogP contribution in [0.4, 0.5) is 0 Å². The summed E-state index contributed by atoms with van der Waals surface area (Å²) in [5.41, 5.74) is 4.21. The maximum absolute atomic E-state index is 3.68. The van der Waals surface area contributed by atoms with Crippen molar-refractivity contribution < 1.29 is 0 Å². The normalized spacial score (nSPS) is 16.7. The molecule has 2 rings (SSSR count). The summed E-state index contributed by atoms with van der Waals surface area (Å²) in [6.07, 6.45) is 2.86. The van der Waals surface area contributed by atoms with E-state index >= 15 is 0 Å². The summed E-state index contributed by atoms with van der Waals surface area (Å²) >= 11 is 0. The molecule has 1 aliphatic rings. The van der Waals surface area contributed by atoms with Crippen molar-refractivity contribution in [3.8, 4) is 0 Å². The Morgan fingerprint density at radius 3 is 2.43 bits per heavy atom. The Hall–Kier alpha value is -0.860. The highest BCUT2D eigenvalue weighted by Gasteiger charge is 2.27. The SMILES string of the molecule is CCNC(CN(CC1CC1)C(C)C)c1ccc(C)c(C)c1.